The molecule has 0 aliphatic heterocycles. The third-order valence-electron chi connectivity index (χ3n) is 4.29. The molecule has 3 rings (SSSR count). The number of hydrogen-bond donors (Lipinski definition) is 2. The van der Waals surface area contributed by atoms with Crippen molar-refractivity contribution in [3.8, 4) is 0 Å². The summed E-state index contributed by atoms with van der Waals surface area (Å²) in [4.78, 5) is 12.3. The van der Waals surface area contributed by atoms with E-state index >= 15 is 0 Å². The number of aryl methyl sites for hydroxylation is 2. The van der Waals surface area contributed by atoms with Crippen molar-refractivity contribution >= 4 is 29.6 Å². The van der Waals surface area contributed by atoms with Crippen molar-refractivity contribution in [3.63, 3.8) is 0 Å². The highest BCUT2D eigenvalue weighted by Gasteiger charge is 2.18. The number of benzene rings is 1. The highest BCUT2D eigenvalue weighted by molar-refractivity contribution is 8.00. The average Bonchev–Trinajstić information content (AvgIpc) is 3.27. The largest absolute Gasteiger partial charge is 0.460 e. The quantitative estimate of drug-likeness (QED) is 0.335. The fourth-order valence-electron chi connectivity index (χ4n) is 2.53. The Morgan fingerprint density at radius 1 is 1.28 bits per heavy atom. The van der Waals surface area contributed by atoms with E-state index in [1.807, 2.05) is 42.8 Å². The SMILES string of the molecule is Cc1ccc(C=NNC(=O)C(C)Sc2nnc(CNc3ccccc3C)n2C)o1. The van der Waals surface area contributed by atoms with Crippen molar-refractivity contribution in [2.45, 2.75) is 37.7 Å². The number of nitrogens with one attached hydrogen (secondary N) is 2. The Kier molecular flexibility index (Phi) is 6.71. The number of anilines is 1. The predicted octanol–water partition coefficient (Wildman–Crippen LogP) is 3.27. The summed E-state index contributed by atoms with van der Waals surface area (Å²) in [6.45, 7) is 6.24. The first-order valence-electron chi connectivity index (χ1n) is 9.18. The normalized spacial score (nSPS) is 12.3. The van der Waals surface area contributed by atoms with Gasteiger partial charge in [0, 0.05) is 12.7 Å². The Labute approximate surface area is 173 Å². The summed E-state index contributed by atoms with van der Waals surface area (Å²) < 4.78 is 7.25. The number of hydrogen-bond acceptors (Lipinski definition) is 7. The molecule has 29 heavy (non-hydrogen) atoms. The first kappa shape index (κ1) is 20.7. The minimum Gasteiger partial charge on any atom is -0.460 e. The van der Waals surface area contributed by atoms with Crippen LogP contribution in [0.3, 0.4) is 0 Å². The molecule has 9 heteroatoms. The average molecular weight is 413 g/mol. The van der Waals surface area contributed by atoms with Gasteiger partial charge in [-0.2, -0.15) is 5.10 Å². The van der Waals surface area contributed by atoms with Crippen LogP contribution in [-0.2, 0) is 18.4 Å². The Bertz CT molecular complexity index is 1010. The molecule has 1 amide bonds. The maximum Gasteiger partial charge on any atom is 0.253 e. The fourth-order valence-corrected chi connectivity index (χ4v) is 3.36. The number of thioether (sulfide) groups is 1. The number of para-hydroxylation sites is 1. The molecular weight excluding hydrogens is 388 g/mol. The summed E-state index contributed by atoms with van der Waals surface area (Å²) in [7, 11) is 1.89. The highest BCUT2D eigenvalue weighted by Crippen LogP contribution is 2.22. The van der Waals surface area contributed by atoms with Crippen LogP contribution in [-0.4, -0.2) is 32.1 Å². The lowest BCUT2D eigenvalue weighted by atomic mass is 10.2. The third-order valence-corrected chi connectivity index (χ3v) is 5.42. The number of furan rings is 1. The van der Waals surface area contributed by atoms with E-state index in [1.54, 1.807) is 13.0 Å². The van der Waals surface area contributed by atoms with Crippen molar-refractivity contribution in [1.82, 2.24) is 20.2 Å². The summed E-state index contributed by atoms with van der Waals surface area (Å²) in [6, 6.07) is 11.7. The van der Waals surface area contributed by atoms with Crippen LogP contribution in [0.25, 0.3) is 0 Å². The van der Waals surface area contributed by atoms with Crippen LogP contribution in [0.5, 0.6) is 0 Å². The molecule has 0 aliphatic carbocycles. The van der Waals surface area contributed by atoms with Gasteiger partial charge in [-0.1, -0.05) is 30.0 Å². The smallest absolute Gasteiger partial charge is 0.253 e. The van der Waals surface area contributed by atoms with Gasteiger partial charge in [0.2, 0.25) is 0 Å². The zero-order chi connectivity index (χ0) is 20.8. The molecule has 0 spiro atoms. The summed E-state index contributed by atoms with van der Waals surface area (Å²) in [5.74, 6) is 1.94. The number of aromatic nitrogens is 3. The molecule has 0 saturated heterocycles. The van der Waals surface area contributed by atoms with E-state index in [9.17, 15) is 4.79 Å². The summed E-state index contributed by atoms with van der Waals surface area (Å²) in [6.07, 6.45) is 1.47. The molecule has 1 unspecified atom stereocenters. The maximum absolute atomic E-state index is 12.3. The van der Waals surface area contributed by atoms with Crippen LogP contribution < -0.4 is 10.7 Å². The molecular formula is C20H24N6O2S. The molecule has 0 radical (unpaired) electrons. The van der Waals surface area contributed by atoms with Gasteiger partial charge in [-0.3, -0.25) is 4.79 Å². The van der Waals surface area contributed by atoms with Crippen molar-refractivity contribution in [3.05, 3.63) is 59.3 Å². The van der Waals surface area contributed by atoms with E-state index in [0.29, 0.717) is 17.5 Å². The highest BCUT2D eigenvalue weighted by atomic mass is 32.2. The number of carbonyl (C=O) groups excluding carboxylic acids is 1. The summed E-state index contributed by atoms with van der Waals surface area (Å²) in [5.41, 5.74) is 4.74. The maximum atomic E-state index is 12.3. The van der Waals surface area contributed by atoms with Crippen LogP contribution in [0, 0.1) is 13.8 Å². The number of amides is 1. The van der Waals surface area contributed by atoms with Gasteiger partial charge < -0.3 is 14.3 Å². The van der Waals surface area contributed by atoms with Gasteiger partial charge in [-0.05, 0) is 44.5 Å². The van der Waals surface area contributed by atoms with Crippen LogP contribution in [0.2, 0.25) is 0 Å². The molecule has 1 aromatic carbocycles. The molecule has 1 atom stereocenters. The van der Waals surface area contributed by atoms with Crippen LogP contribution in [0.4, 0.5) is 5.69 Å². The molecule has 3 aromatic rings. The topological polar surface area (TPSA) is 97.3 Å². The second-order valence-electron chi connectivity index (χ2n) is 6.57. The molecule has 0 bridgehead atoms. The Balaban J connectivity index is 1.53. The van der Waals surface area contributed by atoms with E-state index < -0.39 is 0 Å². The van der Waals surface area contributed by atoms with Gasteiger partial charge in [0.15, 0.2) is 11.0 Å². The predicted molar refractivity (Wildman–Crippen MR) is 114 cm³/mol. The third kappa shape index (κ3) is 5.47. The minimum atomic E-state index is -0.384. The molecule has 2 N–H and O–H groups in total. The van der Waals surface area contributed by atoms with Crippen LogP contribution in [0.15, 0.2) is 51.1 Å². The molecule has 0 aliphatic rings. The Morgan fingerprint density at radius 2 is 2.07 bits per heavy atom. The lowest BCUT2D eigenvalue weighted by Gasteiger charge is -2.10. The van der Waals surface area contributed by atoms with Gasteiger partial charge >= 0.3 is 0 Å². The molecule has 8 nitrogen and oxygen atoms in total. The van der Waals surface area contributed by atoms with E-state index in [2.05, 4.69) is 39.0 Å². The second-order valence-corrected chi connectivity index (χ2v) is 7.88. The molecule has 0 fully saturated rings. The first-order chi connectivity index (χ1) is 13.9. The lowest BCUT2D eigenvalue weighted by Crippen LogP contribution is -2.27. The van der Waals surface area contributed by atoms with Crippen molar-refractivity contribution in [2.24, 2.45) is 12.1 Å². The molecule has 0 saturated carbocycles. The monoisotopic (exact) mass is 412 g/mol. The molecule has 152 valence electrons. The van der Waals surface area contributed by atoms with Crippen molar-refractivity contribution < 1.29 is 9.21 Å². The van der Waals surface area contributed by atoms with Gasteiger partial charge in [0.05, 0.1) is 18.0 Å². The second kappa shape index (κ2) is 9.42. The van der Waals surface area contributed by atoms with Gasteiger partial charge in [-0.25, -0.2) is 5.43 Å². The zero-order valence-corrected chi connectivity index (χ0v) is 17.7. The van der Waals surface area contributed by atoms with Gasteiger partial charge in [0.25, 0.3) is 5.91 Å². The minimum absolute atomic E-state index is 0.225. The van der Waals surface area contributed by atoms with Gasteiger partial charge in [0.1, 0.15) is 11.5 Å². The molecule has 2 heterocycles. The van der Waals surface area contributed by atoms with Crippen molar-refractivity contribution in [1.29, 1.82) is 0 Å². The number of nitrogens with zero attached hydrogens (tertiary/aromatic N) is 4. The first-order valence-corrected chi connectivity index (χ1v) is 10.1. The summed E-state index contributed by atoms with van der Waals surface area (Å²) >= 11 is 1.33. The standard InChI is InChI=1S/C20H24N6O2S/c1-13-7-5-6-8-17(13)21-12-18-23-25-20(26(18)4)29-15(3)19(27)24-22-11-16-10-9-14(2)28-16/h5-11,15,21H,12H2,1-4H3,(H,24,27). The van der Waals surface area contributed by atoms with Crippen LogP contribution >= 0.6 is 11.8 Å². The van der Waals surface area contributed by atoms with Gasteiger partial charge in [-0.15, -0.1) is 10.2 Å². The van der Waals surface area contributed by atoms with E-state index in [-0.39, 0.29) is 11.2 Å². The number of carbonyl (C=O) groups is 1. The van der Waals surface area contributed by atoms with E-state index in [4.69, 9.17) is 4.42 Å². The van der Waals surface area contributed by atoms with E-state index in [1.165, 1.54) is 23.5 Å². The Hall–Kier alpha value is -3.07. The van der Waals surface area contributed by atoms with Crippen LogP contribution in [0.1, 0.15) is 29.8 Å². The lowest BCUT2D eigenvalue weighted by molar-refractivity contribution is -0.120. The van der Waals surface area contributed by atoms with E-state index in [0.717, 1.165) is 17.3 Å². The zero-order valence-electron chi connectivity index (χ0n) is 16.8. The number of rotatable bonds is 8. The summed E-state index contributed by atoms with van der Waals surface area (Å²) in [5, 5.41) is 16.0. The molecule has 2 aromatic heterocycles. The Morgan fingerprint density at radius 3 is 2.79 bits per heavy atom. The fraction of sp³-hybridized carbons (Fsp3) is 0.300. The van der Waals surface area contributed by atoms with Crippen molar-refractivity contribution in [2.75, 3.05) is 5.32 Å². The number of hydrazone groups is 1.